The van der Waals surface area contributed by atoms with Gasteiger partial charge in [-0.25, -0.2) is 13.8 Å². The molecule has 1 amide bonds. The zero-order valence-electron chi connectivity index (χ0n) is 19.1. The lowest BCUT2D eigenvalue weighted by Gasteiger charge is -2.27. The number of carbonyl (C=O) groups is 1. The highest BCUT2D eigenvalue weighted by Gasteiger charge is 2.32. The second kappa shape index (κ2) is 9.79. The molecule has 36 heavy (non-hydrogen) atoms. The Hall–Kier alpha value is -4.85. The minimum atomic E-state index is -0.908. The van der Waals surface area contributed by atoms with Gasteiger partial charge in [0.25, 0.3) is 11.5 Å². The van der Waals surface area contributed by atoms with Gasteiger partial charge in [-0.3, -0.25) is 14.2 Å². The number of nitrogens with zero attached hydrogens (tertiary/aromatic N) is 4. The Morgan fingerprint density at radius 1 is 1.22 bits per heavy atom. The van der Waals surface area contributed by atoms with Gasteiger partial charge < -0.3 is 14.9 Å². The summed E-state index contributed by atoms with van der Waals surface area (Å²) in [6.45, 7) is 1.63. The van der Waals surface area contributed by atoms with Crippen LogP contribution in [0.4, 0.5) is 14.5 Å². The number of carbonyl (C=O) groups excluding carboxylic acids is 1. The average molecular weight is 491 g/mol. The quantitative estimate of drug-likeness (QED) is 0.419. The molecular weight excluding hydrogens is 472 g/mol. The van der Waals surface area contributed by atoms with Crippen molar-refractivity contribution >= 4 is 11.6 Å². The van der Waals surface area contributed by atoms with Gasteiger partial charge in [0.1, 0.15) is 29.4 Å². The van der Waals surface area contributed by atoms with E-state index in [4.69, 9.17) is 0 Å². The summed E-state index contributed by atoms with van der Waals surface area (Å²) in [4.78, 5) is 29.9. The number of halogens is 2. The minimum Gasteiger partial charge on any atom is -0.501 e. The molecule has 0 saturated heterocycles. The first kappa shape index (κ1) is 24.3. The Morgan fingerprint density at radius 3 is 2.64 bits per heavy atom. The second-order valence-electron chi connectivity index (χ2n) is 8.03. The van der Waals surface area contributed by atoms with Crippen molar-refractivity contribution in [1.82, 2.24) is 14.7 Å². The van der Waals surface area contributed by atoms with Crippen LogP contribution in [0.25, 0.3) is 0 Å². The third-order valence-electron chi connectivity index (χ3n) is 5.83. The van der Waals surface area contributed by atoms with E-state index in [0.717, 1.165) is 23.0 Å². The van der Waals surface area contributed by atoms with E-state index in [9.17, 15) is 24.3 Å². The van der Waals surface area contributed by atoms with Crippen molar-refractivity contribution in [3.05, 3.63) is 105 Å². The van der Waals surface area contributed by atoms with Crippen molar-refractivity contribution in [3.63, 3.8) is 0 Å². The zero-order valence-corrected chi connectivity index (χ0v) is 19.1. The lowest BCUT2D eigenvalue weighted by Crippen LogP contribution is -2.29. The van der Waals surface area contributed by atoms with Gasteiger partial charge in [0.05, 0.1) is 17.8 Å². The topological polar surface area (TPSA) is 134 Å². The summed E-state index contributed by atoms with van der Waals surface area (Å²) < 4.78 is 34.4. The molecule has 2 N–H and O–H groups in total. The molecule has 2 aromatic carbocycles. The fourth-order valence-electron chi connectivity index (χ4n) is 4.11. The van der Waals surface area contributed by atoms with Crippen LogP contribution in [0.5, 0.6) is 5.75 Å². The number of aromatic nitrogens is 3. The molecule has 11 heteroatoms. The van der Waals surface area contributed by atoms with Gasteiger partial charge in [-0.1, -0.05) is 36.3 Å². The Balaban J connectivity index is 1.90. The molecule has 9 nitrogen and oxygen atoms in total. The summed E-state index contributed by atoms with van der Waals surface area (Å²) >= 11 is 0. The Labute approximate surface area is 203 Å². The maximum Gasteiger partial charge on any atom is 0.296 e. The molecule has 0 radical (unpaired) electrons. The number of hydrogen-bond acceptors (Lipinski definition) is 7. The van der Waals surface area contributed by atoms with Crippen LogP contribution < -0.4 is 10.9 Å². The summed E-state index contributed by atoms with van der Waals surface area (Å²) in [7, 11) is 1.34. The summed E-state index contributed by atoms with van der Waals surface area (Å²) in [6.07, 6.45) is 2.36. The molecule has 0 aliphatic rings. The van der Waals surface area contributed by atoms with Crippen LogP contribution in [0.1, 0.15) is 51.8 Å². The number of rotatable bonds is 6. The molecular formula is C25H19F2N5O4. The number of amides is 1. The standard InChI is InChI=1S/C25H19F2N5O4/c1-13(20(17-6-4-3-5-14(17)10-28)18-8-7-15(26)9-19(18)27)23-31-21(22(33)25(35)32(23)2)24(34)30-16-11-29-36-12-16/h3-9,11-13,20,33H,1-2H3,(H,30,34). The highest BCUT2D eigenvalue weighted by Crippen LogP contribution is 2.40. The van der Waals surface area contributed by atoms with E-state index in [1.807, 2.05) is 0 Å². The second-order valence-corrected chi connectivity index (χ2v) is 8.03. The molecule has 2 heterocycles. The number of nitrogens with one attached hydrogen (secondary N) is 1. The minimum absolute atomic E-state index is 0.0229. The van der Waals surface area contributed by atoms with E-state index in [1.165, 1.54) is 19.3 Å². The molecule has 0 aliphatic carbocycles. The SMILES string of the molecule is CC(c1nc(C(=O)Nc2cnoc2)c(O)c(=O)n1C)C(c1ccc(F)cc1F)c1ccccc1C#N. The van der Waals surface area contributed by atoms with Crippen LogP contribution in [-0.2, 0) is 7.05 Å². The molecule has 0 aliphatic heterocycles. The Morgan fingerprint density at radius 2 is 1.97 bits per heavy atom. The van der Waals surface area contributed by atoms with E-state index in [-0.39, 0.29) is 22.6 Å². The molecule has 4 aromatic rings. The van der Waals surface area contributed by atoms with Gasteiger partial charge in [-0.2, -0.15) is 5.26 Å². The third kappa shape index (κ3) is 4.44. The van der Waals surface area contributed by atoms with Crippen LogP contribution in [0.3, 0.4) is 0 Å². The number of hydrogen-bond donors (Lipinski definition) is 2. The molecule has 4 rings (SSSR count). The van der Waals surface area contributed by atoms with E-state index < -0.39 is 46.4 Å². The largest absolute Gasteiger partial charge is 0.501 e. The molecule has 0 saturated carbocycles. The highest BCUT2D eigenvalue weighted by molar-refractivity contribution is 6.04. The van der Waals surface area contributed by atoms with E-state index in [2.05, 4.69) is 26.0 Å². The van der Waals surface area contributed by atoms with Gasteiger partial charge >= 0.3 is 0 Å². The van der Waals surface area contributed by atoms with Gasteiger partial charge in [0.15, 0.2) is 5.69 Å². The molecule has 2 atom stereocenters. The maximum atomic E-state index is 15.0. The van der Waals surface area contributed by atoms with Crippen molar-refractivity contribution in [2.24, 2.45) is 7.05 Å². The average Bonchev–Trinajstić information content (AvgIpc) is 3.37. The fraction of sp³-hybridized carbons (Fsp3) is 0.160. The van der Waals surface area contributed by atoms with Crippen LogP contribution in [0.2, 0.25) is 0 Å². The summed E-state index contributed by atoms with van der Waals surface area (Å²) in [5, 5.41) is 25.9. The molecule has 0 spiro atoms. The molecule has 0 fully saturated rings. The highest BCUT2D eigenvalue weighted by atomic mass is 19.1. The zero-order chi connectivity index (χ0) is 26.0. The maximum absolute atomic E-state index is 15.0. The Kier molecular flexibility index (Phi) is 6.60. The number of anilines is 1. The predicted octanol–water partition coefficient (Wildman–Crippen LogP) is 3.81. The number of aromatic hydroxyl groups is 1. The van der Waals surface area contributed by atoms with E-state index >= 15 is 4.39 Å². The van der Waals surface area contributed by atoms with E-state index in [0.29, 0.717) is 5.56 Å². The first-order valence-corrected chi connectivity index (χ1v) is 10.7. The van der Waals surface area contributed by atoms with Crippen molar-refractivity contribution in [2.45, 2.75) is 18.8 Å². The molecule has 182 valence electrons. The third-order valence-corrected chi connectivity index (χ3v) is 5.83. The summed E-state index contributed by atoms with van der Waals surface area (Å²) in [5.74, 6) is -5.12. The normalized spacial score (nSPS) is 12.5. The van der Waals surface area contributed by atoms with Crippen LogP contribution in [-0.4, -0.2) is 25.7 Å². The van der Waals surface area contributed by atoms with Crippen molar-refractivity contribution in [1.29, 1.82) is 5.26 Å². The van der Waals surface area contributed by atoms with Gasteiger partial charge in [-0.15, -0.1) is 0 Å². The van der Waals surface area contributed by atoms with Crippen LogP contribution in [0.15, 0.2) is 64.2 Å². The first-order chi connectivity index (χ1) is 17.2. The molecule has 2 aromatic heterocycles. The lowest BCUT2D eigenvalue weighted by atomic mass is 9.79. The molecule has 0 bridgehead atoms. The van der Waals surface area contributed by atoms with Gasteiger partial charge in [0, 0.05) is 24.9 Å². The smallest absolute Gasteiger partial charge is 0.296 e. The van der Waals surface area contributed by atoms with Crippen LogP contribution in [0, 0.1) is 23.0 Å². The van der Waals surface area contributed by atoms with Crippen molar-refractivity contribution < 1.29 is 23.2 Å². The van der Waals surface area contributed by atoms with Crippen LogP contribution >= 0.6 is 0 Å². The number of nitriles is 1. The Bertz CT molecular complexity index is 1540. The molecule has 2 unspecified atom stereocenters. The lowest BCUT2D eigenvalue weighted by molar-refractivity contribution is 0.101. The fourth-order valence-corrected chi connectivity index (χ4v) is 4.11. The van der Waals surface area contributed by atoms with Crippen molar-refractivity contribution in [2.75, 3.05) is 5.32 Å². The van der Waals surface area contributed by atoms with Gasteiger partial charge in [-0.05, 0) is 23.3 Å². The number of benzene rings is 2. The first-order valence-electron chi connectivity index (χ1n) is 10.7. The van der Waals surface area contributed by atoms with Crippen molar-refractivity contribution in [3.8, 4) is 11.8 Å². The summed E-state index contributed by atoms with van der Waals surface area (Å²) in [6, 6.07) is 11.6. The van der Waals surface area contributed by atoms with Gasteiger partial charge in [0.2, 0.25) is 5.75 Å². The monoisotopic (exact) mass is 491 g/mol. The predicted molar refractivity (Wildman–Crippen MR) is 123 cm³/mol. The van der Waals surface area contributed by atoms with E-state index in [1.54, 1.807) is 31.2 Å². The summed E-state index contributed by atoms with van der Waals surface area (Å²) in [5.41, 5.74) is -0.583.